The fourth-order valence-corrected chi connectivity index (χ4v) is 2.17. The minimum absolute atomic E-state index is 0.0600. The van der Waals surface area contributed by atoms with Gasteiger partial charge in [-0.3, -0.25) is 0 Å². The first-order chi connectivity index (χ1) is 7.87. The number of para-hydroxylation sites is 1. The van der Waals surface area contributed by atoms with Gasteiger partial charge in [-0.1, -0.05) is 32.0 Å². The van der Waals surface area contributed by atoms with Crippen LogP contribution in [0.1, 0.15) is 44.7 Å². The maximum atomic E-state index is 3.67. The molecule has 0 spiro atoms. The molecule has 0 radical (unpaired) electrons. The molecule has 0 aliphatic carbocycles. The van der Waals surface area contributed by atoms with Crippen molar-refractivity contribution in [3.63, 3.8) is 0 Å². The molecule has 0 amide bonds. The van der Waals surface area contributed by atoms with Gasteiger partial charge >= 0.3 is 0 Å². The fourth-order valence-electron chi connectivity index (χ4n) is 2.17. The molecule has 96 valence electrons. The summed E-state index contributed by atoms with van der Waals surface area (Å²) in [5, 5.41) is 6.91. The van der Waals surface area contributed by atoms with E-state index in [1.807, 2.05) is 7.05 Å². The number of benzene rings is 1. The molecule has 0 bridgehead atoms. The Kier molecular flexibility index (Phi) is 4.58. The molecule has 1 rings (SSSR count). The topological polar surface area (TPSA) is 24.1 Å². The van der Waals surface area contributed by atoms with E-state index in [1.54, 1.807) is 0 Å². The van der Waals surface area contributed by atoms with E-state index in [4.69, 9.17) is 0 Å². The van der Waals surface area contributed by atoms with Gasteiger partial charge in [0.1, 0.15) is 0 Å². The van der Waals surface area contributed by atoms with Gasteiger partial charge in [-0.2, -0.15) is 0 Å². The lowest BCUT2D eigenvalue weighted by Crippen LogP contribution is -2.41. The predicted octanol–water partition coefficient (Wildman–Crippen LogP) is 3.53. The first-order valence-electron chi connectivity index (χ1n) is 6.39. The van der Waals surface area contributed by atoms with Gasteiger partial charge in [0.25, 0.3) is 0 Å². The smallest absolute Gasteiger partial charge is 0.0441 e. The molecule has 1 aromatic rings. The molecular formula is C15H26N2. The van der Waals surface area contributed by atoms with Gasteiger partial charge in [0.2, 0.25) is 0 Å². The largest absolute Gasteiger partial charge is 0.378 e. The average molecular weight is 234 g/mol. The summed E-state index contributed by atoms with van der Waals surface area (Å²) >= 11 is 0. The standard InChI is InChI=1S/C15H26N2/c1-11(2)13-9-7-8-12(3)14(13)17-15(4,5)10-16-6/h7-9,11,16-17H,10H2,1-6H3. The lowest BCUT2D eigenvalue weighted by Gasteiger charge is -2.30. The van der Waals surface area contributed by atoms with E-state index in [0.29, 0.717) is 5.92 Å². The van der Waals surface area contributed by atoms with Crippen LogP contribution < -0.4 is 10.6 Å². The summed E-state index contributed by atoms with van der Waals surface area (Å²) in [5.41, 5.74) is 4.07. The van der Waals surface area contributed by atoms with Gasteiger partial charge in [-0.15, -0.1) is 0 Å². The van der Waals surface area contributed by atoms with Crippen molar-refractivity contribution in [3.8, 4) is 0 Å². The van der Waals surface area contributed by atoms with E-state index in [2.05, 4.69) is 63.5 Å². The Morgan fingerprint density at radius 2 is 1.88 bits per heavy atom. The number of hydrogen-bond acceptors (Lipinski definition) is 2. The molecule has 0 aliphatic heterocycles. The van der Waals surface area contributed by atoms with E-state index in [0.717, 1.165) is 6.54 Å². The third kappa shape index (κ3) is 3.74. The molecule has 0 aliphatic rings. The summed E-state index contributed by atoms with van der Waals surface area (Å²) < 4.78 is 0. The zero-order valence-electron chi connectivity index (χ0n) is 12.0. The molecule has 0 saturated carbocycles. The second kappa shape index (κ2) is 5.54. The van der Waals surface area contributed by atoms with Crippen LogP contribution in [0.25, 0.3) is 0 Å². The zero-order valence-corrected chi connectivity index (χ0v) is 12.0. The highest BCUT2D eigenvalue weighted by Crippen LogP contribution is 2.29. The van der Waals surface area contributed by atoms with E-state index in [9.17, 15) is 0 Å². The zero-order chi connectivity index (χ0) is 13.1. The summed E-state index contributed by atoms with van der Waals surface area (Å²) in [6.07, 6.45) is 0. The number of hydrogen-bond donors (Lipinski definition) is 2. The van der Waals surface area contributed by atoms with Gasteiger partial charge in [0.15, 0.2) is 0 Å². The van der Waals surface area contributed by atoms with Gasteiger partial charge in [0, 0.05) is 17.8 Å². The number of nitrogens with one attached hydrogen (secondary N) is 2. The van der Waals surface area contributed by atoms with Crippen LogP contribution >= 0.6 is 0 Å². The SMILES string of the molecule is CNCC(C)(C)Nc1c(C)cccc1C(C)C. The molecule has 0 fully saturated rings. The lowest BCUT2D eigenvalue weighted by atomic mass is 9.95. The van der Waals surface area contributed by atoms with Crippen LogP contribution in [0, 0.1) is 6.92 Å². The molecule has 17 heavy (non-hydrogen) atoms. The molecule has 2 nitrogen and oxygen atoms in total. The Labute approximate surface area is 106 Å². The Morgan fingerprint density at radius 1 is 1.24 bits per heavy atom. The highest BCUT2D eigenvalue weighted by molar-refractivity contribution is 5.59. The summed E-state index contributed by atoms with van der Waals surface area (Å²) in [7, 11) is 1.99. The van der Waals surface area contributed by atoms with Crippen LogP contribution in [-0.4, -0.2) is 19.1 Å². The molecule has 0 saturated heterocycles. The fraction of sp³-hybridized carbons (Fsp3) is 0.600. The molecule has 1 aromatic carbocycles. The first kappa shape index (κ1) is 14.0. The number of likely N-dealkylation sites (N-methyl/N-ethyl adjacent to an activating group) is 1. The highest BCUT2D eigenvalue weighted by atomic mass is 15.0. The van der Waals surface area contributed by atoms with Crippen molar-refractivity contribution >= 4 is 5.69 Å². The second-order valence-corrected chi connectivity index (χ2v) is 5.73. The van der Waals surface area contributed by atoms with Crippen LogP contribution in [0.4, 0.5) is 5.69 Å². The maximum absolute atomic E-state index is 3.67. The van der Waals surface area contributed by atoms with Crippen LogP contribution in [0.3, 0.4) is 0 Å². The van der Waals surface area contributed by atoms with Crippen molar-refractivity contribution in [2.75, 3.05) is 18.9 Å². The lowest BCUT2D eigenvalue weighted by molar-refractivity contribution is 0.529. The van der Waals surface area contributed by atoms with Crippen molar-refractivity contribution < 1.29 is 0 Å². The Hall–Kier alpha value is -1.02. The van der Waals surface area contributed by atoms with Crippen molar-refractivity contribution in [2.45, 2.75) is 46.1 Å². The number of rotatable bonds is 5. The summed E-state index contributed by atoms with van der Waals surface area (Å²) in [5.74, 6) is 0.544. The second-order valence-electron chi connectivity index (χ2n) is 5.73. The van der Waals surface area contributed by atoms with Crippen molar-refractivity contribution in [1.29, 1.82) is 0 Å². The number of anilines is 1. The molecule has 2 heteroatoms. The van der Waals surface area contributed by atoms with Crippen LogP contribution in [0.5, 0.6) is 0 Å². The summed E-state index contributed by atoms with van der Waals surface area (Å²) in [4.78, 5) is 0. The molecule has 0 unspecified atom stereocenters. The minimum Gasteiger partial charge on any atom is -0.378 e. The highest BCUT2D eigenvalue weighted by Gasteiger charge is 2.19. The van der Waals surface area contributed by atoms with E-state index < -0.39 is 0 Å². The van der Waals surface area contributed by atoms with Gasteiger partial charge in [-0.05, 0) is 44.9 Å². The van der Waals surface area contributed by atoms with Crippen LogP contribution in [0.2, 0.25) is 0 Å². The molecular weight excluding hydrogens is 208 g/mol. The van der Waals surface area contributed by atoms with Crippen molar-refractivity contribution in [1.82, 2.24) is 5.32 Å². The Morgan fingerprint density at radius 3 is 2.41 bits per heavy atom. The van der Waals surface area contributed by atoms with E-state index in [1.165, 1.54) is 16.8 Å². The maximum Gasteiger partial charge on any atom is 0.0441 e. The molecule has 2 N–H and O–H groups in total. The van der Waals surface area contributed by atoms with Crippen molar-refractivity contribution in [3.05, 3.63) is 29.3 Å². The van der Waals surface area contributed by atoms with Gasteiger partial charge < -0.3 is 10.6 Å². The molecule has 0 aromatic heterocycles. The Balaban J connectivity index is 3.04. The van der Waals surface area contributed by atoms with Gasteiger partial charge in [-0.25, -0.2) is 0 Å². The van der Waals surface area contributed by atoms with Crippen molar-refractivity contribution in [2.24, 2.45) is 0 Å². The average Bonchev–Trinajstić information content (AvgIpc) is 2.20. The summed E-state index contributed by atoms with van der Waals surface area (Å²) in [6, 6.07) is 6.53. The van der Waals surface area contributed by atoms with Crippen LogP contribution in [0.15, 0.2) is 18.2 Å². The molecule has 0 heterocycles. The number of aryl methyl sites for hydroxylation is 1. The van der Waals surface area contributed by atoms with E-state index in [-0.39, 0.29) is 5.54 Å². The third-order valence-corrected chi connectivity index (χ3v) is 3.01. The Bertz CT molecular complexity index is 367. The quantitative estimate of drug-likeness (QED) is 0.814. The first-order valence-corrected chi connectivity index (χ1v) is 6.39. The molecule has 0 atom stereocenters. The van der Waals surface area contributed by atoms with E-state index >= 15 is 0 Å². The monoisotopic (exact) mass is 234 g/mol. The normalized spacial score (nSPS) is 11.9. The van der Waals surface area contributed by atoms with Gasteiger partial charge in [0.05, 0.1) is 0 Å². The predicted molar refractivity (Wildman–Crippen MR) is 76.9 cm³/mol. The third-order valence-electron chi connectivity index (χ3n) is 3.01. The minimum atomic E-state index is 0.0600. The van der Waals surface area contributed by atoms with Crippen LogP contribution in [-0.2, 0) is 0 Å². The summed E-state index contributed by atoms with van der Waals surface area (Å²) in [6.45, 7) is 12.0.